The van der Waals surface area contributed by atoms with Gasteiger partial charge in [-0.3, -0.25) is 4.79 Å². The van der Waals surface area contributed by atoms with E-state index in [-0.39, 0.29) is 5.91 Å². The number of hydrogen-bond donors (Lipinski definition) is 1. The van der Waals surface area contributed by atoms with Gasteiger partial charge in [0.25, 0.3) is 0 Å². The highest BCUT2D eigenvalue weighted by atomic mass is 35.5. The average molecular weight is 417 g/mol. The summed E-state index contributed by atoms with van der Waals surface area (Å²) < 4.78 is 0.997. The molecular weight excluding hydrogens is 396 g/mol. The monoisotopic (exact) mass is 416 g/mol. The number of nitrogens with zero attached hydrogens (tertiary/aromatic N) is 1. The van der Waals surface area contributed by atoms with Gasteiger partial charge in [-0.1, -0.05) is 59.3 Å². The highest BCUT2D eigenvalue weighted by Crippen LogP contribution is 2.28. The zero-order chi connectivity index (χ0) is 19.2. The van der Waals surface area contributed by atoms with E-state index in [1.807, 2.05) is 29.6 Å². The number of aromatic nitrogens is 1. The molecule has 0 aliphatic carbocycles. The molecule has 1 aromatic heterocycles. The van der Waals surface area contributed by atoms with E-state index in [9.17, 15) is 4.79 Å². The van der Waals surface area contributed by atoms with Crippen LogP contribution in [0.15, 0.2) is 52.2 Å². The second-order valence-corrected chi connectivity index (χ2v) is 8.92. The summed E-state index contributed by atoms with van der Waals surface area (Å²) in [6.45, 7) is 4.74. The second kappa shape index (κ2) is 9.40. The fourth-order valence-electron chi connectivity index (χ4n) is 2.56. The van der Waals surface area contributed by atoms with Crippen LogP contribution >= 0.6 is 34.7 Å². The quantitative estimate of drug-likeness (QED) is 0.512. The third kappa shape index (κ3) is 6.09. The molecule has 0 atom stereocenters. The lowest BCUT2D eigenvalue weighted by Crippen LogP contribution is -2.24. The Morgan fingerprint density at radius 1 is 1.19 bits per heavy atom. The Labute approximate surface area is 173 Å². The van der Waals surface area contributed by atoms with Gasteiger partial charge in [-0.2, -0.15) is 0 Å². The number of carbonyl (C=O) groups excluding carboxylic acids is 1. The lowest BCUT2D eigenvalue weighted by Gasteiger charge is -2.05. The summed E-state index contributed by atoms with van der Waals surface area (Å²) in [5.74, 6) is 0.866. The molecule has 0 aliphatic heterocycles. The number of carbonyl (C=O) groups is 1. The Balaban J connectivity index is 1.49. The van der Waals surface area contributed by atoms with E-state index in [4.69, 9.17) is 11.6 Å². The molecule has 0 radical (unpaired) electrons. The molecule has 0 saturated heterocycles. The number of rotatable bonds is 7. The zero-order valence-electron chi connectivity index (χ0n) is 15.3. The van der Waals surface area contributed by atoms with Crippen molar-refractivity contribution in [2.75, 3.05) is 0 Å². The van der Waals surface area contributed by atoms with Crippen molar-refractivity contribution in [1.82, 2.24) is 10.3 Å². The smallest absolute Gasteiger partial charge is 0.226 e. The number of thiazole rings is 1. The number of aryl methyl sites for hydroxylation is 2. The van der Waals surface area contributed by atoms with E-state index in [0.29, 0.717) is 18.0 Å². The lowest BCUT2D eigenvalue weighted by atomic mass is 10.1. The van der Waals surface area contributed by atoms with Gasteiger partial charge in [-0.15, -0.1) is 11.3 Å². The van der Waals surface area contributed by atoms with Gasteiger partial charge in [0.05, 0.1) is 12.1 Å². The first-order valence-electron chi connectivity index (χ1n) is 8.64. The van der Waals surface area contributed by atoms with Crippen molar-refractivity contribution in [3.05, 3.63) is 80.8 Å². The SMILES string of the molecule is Cc1ccc(C)c(CSc2nc(CC(=O)NCc3ccc(Cl)cc3)cs2)c1. The molecule has 1 N–H and O–H groups in total. The summed E-state index contributed by atoms with van der Waals surface area (Å²) in [6.07, 6.45) is 0.300. The van der Waals surface area contributed by atoms with E-state index < -0.39 is 0 Å². The minimum Gasteiger partial charge on any atom is -0.352 e. The maximum atomic E-state index is 12.1. The van der Waals surface area contributed by atoms with Gasteiger partial charge >= 0.3 is 0 Å². The average Bonchev–Trinajstić information content (AvgIpc) is 3.09. The van der Waals surface area contributed by atoms with Crippen LogP contribution in [0, 0.1) is 13.8 Å². The van der Waals surface area contributed by atoms with Crippen LogP contribution in [0.2, 0.25) is 5.02 Å². The Morgan fingerprint density at radius 2 is 1.96 bits per heavy atom. The molecule has 140 valence electrons. The summed E-state index contributed by atoms with van der Waals surface area (Å²) >= 11 is 9.18. The van der Waals surface area contributed by atoms with Gasteiger partial charge in [0.2, 0.25) is 5.91 Å². The van der Waals surface area contributed by atoms with Crippen molar-refractivity contribution < 1.29 is 4.79 Å². The minimum absolute atomic E-state index is 0.0265. The Hall–Kier alpha value is -1.82. The Kier molecular flexibility index (Phi) is 6.94. The number of hydrogen-bond acceptors (Lipinski definition) is 4. The molecule has 0 bridgehead atoms. The summed E-state index contributed by atoms with van der Waals surface area (Å²) in [5, 5.41) is 5.58. The predicted octanol–water partition coefficient (Wildman–Crippen LogP) is 5.56. The summed E-state index contributed by atoms with van der Waals surface area (Å²) in [6, 6.07) is 14.0. The standard InChI is InChI=1S/C21H21ClN2OS2/c1-14-3-4-15(2)17(9-14)12-26-21-24-19(13-27-21)10-20(25)23-11-16-5-7-18(22)8-6-16/h3-9,13H,10-12H2,1-2H3,(H,23,25). The normalized spacial score (nSPS) is 10.8. The minimum atomic E-state index is -0.0265. The van der Waals surface area contributed by atoms with Crippen LogP contribution in [0.5, 0.6) is 0 Å². The predicted molar refractivity (Wildman–Crippen MR) is 115 cm³/mol. The highest BCUT2D eigenvalue weighted by Gasteiger charge is 2.09. The van der Waals surface area contributed by atoms with Gasteiger partial charge in [0.15, 0.2) is 0 Å². The van der Waals surface area contributed by atoms with Crippen LogP contribution in [-0.2, 0) is 23.5 Å². The molecule has 2 aromatic carbocycles. The van der Waals surface area contributed by atoms with Gasteiger partial charge < -0.3 is 5.32 Å². The molecule has 27 heavy (non-hydrogen) atoms. The van der Waals surface area contributed by atoms with Crippen molar-refractivity contribution in [2.45, 2.75) is 36.9 Å². The number of amides is 1. The molecule has 0 saturated carbocycles. The summed E-state index contributed by atoms with van der Waals surface area (Å²) in [4.78, 5) is 16.7. The van der Waals surface area contributed by atoms with E-state index in [1.165, 1.54) is 16.7 Å². The van der Waals surface area contributed by atoms with Gasteiger partial charge in [-0.05, 0) is 42.7 Å². The lowest BCUT2D eigenvalue weighted by molar-refractivity contribution is -0.120. The van der Waals surface area contributed by atoms with E-state index in [1.54, 1.807) is 23.1 Å². The van der Waals surface area contributed by atoms with Crippen LogP contribution in [0.25, 0.3) is 0 Å². The van der Waals surface area contributed by atoms with Crippen LogP contribution in [-0.4, -0.2) is 10.9 Å². The fourth-order valence-corrected chi connectivity index (χ4v) is 4.59. The van der Waals surface area contributed by atoms with Crippen molar-refractivity contribution in [1.29, 1.82) is 0 Å². The Bertz CT molecular complexity index is 922. The van der Waals surface area contributed by atoms with E-state index in [2.05, 4.69) is 42.3 Å². The van der Waals surface area contributed by atoms with E-state index in [0.717, 1.165) is 21.3 Å². The molecule has 1 amide bonds. The summed E-state index contributed by atoms with van der Waals surface area (Å²) in [5.41, 5.74) is 5.74. The number of benzene rings is 2. The van der Waals surface area contributed by atoms with Crippen LogP contribution in [0.3, 0.4) is 0 Å². The summed E-state index contributed by atoms with van der Waals surface area (Å²) in [7, 11) is 0. The first-order valence-corrected chi connectivity index (χ1v) is 10.9. The zero-order valence-corrected chi connectivity index (χ0v) is 17.7. The van der Waals surface area contributed by atoms with Crippen LogP contribution in [0.4, 0.5) is 0 Å². The molecule has 3 nitrogen and oxygen atoms in total. The molecule has 3 rings (SSSR count). The van der Waals surface area contributed by atoms with Crippen molar-refractivity contribution in [3.63, 3.8) is 0 Å². The highest BCUT2D eigenvalue weighted by molar-refractivity contribution is 8.00. The molecule has 1 heterocycles. The number of nitrogens with one attached hydrogen (secondary N) is 1. The van der Waals surface area contributed by atoms with Crippen molar-refractivity contribution in [3.8, 4) is 0 Å². The first kappa shape index (κ1) is 19.9. The first-order chi connectivity index (χ1) is 13.0. The maximum absolute atomic E-state index is 12.1. The number of halogens is 1. The molecule has 6 heteroatoms. The van der Waals surface area contributed by atoms with Crippen molar-refractivity contribution in [2.24, 2.45) is 0 Å². The fraction of sp³-hybridized carbons (Fsp3) is 0.238. The van der Waals surface area contributed by atoms with Crippen LogP contribution in [0.1, 0.15) is 27.9 Å². The molecule has 0 fully saturated rings. The van der Waals surface area contributed by atoms with Gasteiger partial charge in [0.1, 0.15) is 4.34 Å². The van der Waals surface area contributed by atoms with E-state index >= 15 is 0 Å². The third-order valence-electron chi connectivity index (χ3n) is 4.13. The van der Waals surface area contributed by atoms with Gasteiger partial charge in [0, 0.05) is 22.7 Å². The van der Waals surface area contributed by atoms with Crippen molar-refractivity contribution >= 4 is 40.6 Å². The molecule has 0 aliphatic rings. The molecule has 0 spiro atoms. The largest absolute Gasteiger partial charge is 0.352 e. The Morgan fingerprint density at radius 3 is 2.74 bits per heavy atom. The third-order valence-corrected chi connectivity index (χ3v) is 6.50. The second-order valence-electron chi connectivity index (χ2n) is 6.40. The maximum Gasteiger partial charge on any atom is 0.226 e. The van der Waals surface area contributed by atoms with Gasteiger partial charge in [-0.25, -0.2) is 4.98 Å². The molecular formula is C21H21ClN2OS2. The van der Waals surface area contributed by atoms with Crippen LogP contribution < -0.4 is 5.32 Å². The molecule has 3 aromatic rings. The topological polar surface area (TPSA) is 42.0 Å². The number of thioether (sulfide) groups is 1. The molecule has 0 unspecified atom stereocenters.